The van der Waals surface area contributed by atoms with Gasteiger partial charge in [0.15, 0.2) is 0 Å². The van der Waals surface area contributed by atoms with Crippen molar-refractivity contribution < 1.29 is 9.59 Å². The molecule has 1 aromatic carbocycles. The Morgan fingerprint density at radius 2 is 1.77 bits per heavy atom. The number of aromatic nitrogens is 2. The first kappa shape index (κ1) is 19.8. The fraction of sp³-hybridized carbons (Fsp3) is 0.400. The van der Waals surface area contributed by atoms with Crippen molar-refractivity contribution >= 4 is 17.5 Å². The number of nitrogens with zero attached hydrogens (tertiary/aromatic N) is 3. The van der Waals surface area contributed by atoms with Crippen molar-refractivity contribution in [2.45, 2.75) is 44.6 Å². The van der Waals surface area contributed by atoms with Gasteiger partial charge < -0.3 is 14.6 Å². The van der Waals surface area contributed by atoms with Gasteiger partial charge in [0.05, 0.1) is 0 Å². The highest BCUT2D eigenvalue weighted by atomic mass is 16.2. The number of carbonyl (C=O) groups excluding carboxylic acids is 2. The van der Waals surface area contributed by atoms with Crippen LogP contribution >= 0.6 is 0 Å². The van der Waals surface area contributed by atoms with E-state index in [9.17, 15) is 9.59 Å². The summed E-state index contributed by atoms with van der Waals surface area (Å²) in [5, 5.41) is 2.99. The highest BCUT2D eigenvalue weighted by Crippen LogP contribution is 2.34. The number of hydrogen-bond donors (Lipinski definition) is 1. The standard InChI is InChI=1S/C25H28N4O2/c30-24(16-18-1-2-18)29-12-8-21(9-13-29)20-3-5-22(6-4-20)25(31)27-17-19-7-11-28-14-10-26-23(28)15-19/h3-7,10-11,14-15,18,21H,1-2,8-9,12-13,16-17H2,(H,27,31). The zero-order chi connectivity index (χ0) is 21.2. The summed E-state index contributed by atoms with van der Waals surface area (Å²) >= 11 is 0. The number of benzene rings is 1. The number of fused-ring (bicyclic) bond motifs is 1. The number of carbonyl (C=O) groups is 2. The molecule has 2 aromatic heterocycles. The minimum absolute atomic E-state index is 0.0738. The lowest BCUT2D eigenvalue weighted by atomic mass is 9.89. The molecule has 1 saturated heterocycles. The van der Waals surface area contributed by atoms with Crippen LogP contribution in [-0.4, -0.2) is 39.2 Å². The number of hydrogen-bond acceptors (Lipinski definition) is 3. The molecule has 160 valence electrons. The van der Waals surface area contributed by atoms with Gasteiger partial charge in [-0.3, -0.25) is 9.59 Å². The quantitative estimate of drug-likeness (QED) is 0.665. The van der Waals surface area contributed by atoms with E-state index in [0.29, 0.717) is 29.9 Å². The van der Waals surface area contributed by atoms with E-state index in [2.05, 4.69) is 22.4 Å². The maximum Gasteiger partial charge on any atom is 0.251 e. The first-order chi connectivity index (χ1) is 15.2. The summed E-state index contributed by atoms with van der Waals surface area (Å²) in [5.41, 5.74) is 3.82. The van der Waals surface area contributed by atoms with Crippen molar-refractivity contribution in [3.63, 3.8) is 0 Å². The fourth-order valence-corrected chi connectivity index (χ4v) is 4.41. The van der Waals surface area contributed by atoms with Crippen molar-refractivity contribution in [2.24, 2.45) is 5.92 Å². The molecule has 0 atom stereocenters. The molecule has 31 heavy (non-hydrogen) atoms. The van der Waals surface area contributed by atoms with Gasteiger partial charge in [-0.2, -0.15) is 0 Å². The molecule has 1 N–H and O–H groups in total. The molecule has 1 saturated carbocycles. The molecule has 2 aliphatic rings. The Labute approximate surface area is 182 Å². The van der Waals surface area contributed by atoms with E-state index in [-0.39, 0.29) is 5.91 Å². The molecule has 0 unspecified atom stereocenters. The Morgan fingerprint density at radius 1 is 1.00 bits per heavy atom. The van der Waals surface area contributed by atoms with Gasteiger partial charge in [0.1, 0.15) is 5.65 Å². The van der Waals surface area contributed by atoms with Crippen LogP contribution in [0.1, 0.15) is 59.5 Å². The molecule has 3 heterocycles. The lowest BCUT2D eigenvalue weighted by Gasteiger charge is -2.32. The Hall–Kier alpha value is -3.15. The Morgan fingerprint density at radius 3 is 2.52 bits per heavy atom. The van der Waals surface area contributed by atoms with Crippen LogP contribution in [0.2, 0.25) is 0 Å². The number of imidazole rings is 1. The third kappa shape index (κ3) is 4.63. The zero-order valence-corrected chi connectivity index (χ0v) is 17.7. The number of amides is 2. The Kier molecular flexibility index (Phi) is 5.45. The van der Waals surface area contributed by atoms with Gasteiger partial charge in [-0.1, -0.05) is 12.1 Å². The molecule has 1 aliphatic heterocycles. The summed E-state index contributed by atoms with van der Waals surface area (Å²) in [6.07, 6.45) is 10.8. The van der Waals surface area contributed by atoms with Crippen LogP contribution in [-0.2, 0) is 11.3 Å². The fourth-order valence-electron chi connectivity index (χ4n) is 4.41. The number of pyridine rings is 1. The summed E-state index contributed by atoms with van der Waals surface area (Å²) in [4.78, 5) is 31.2. The van der Waals surface area contributed by atoms with Crippen molar-refractivity contribution in [2.75, 3.05) is 13.1 Å². The molecule has 6 nitrogen and oxygen atoms in total. The smallest absolute Gasteiger partial charge is 0.251 e. The molecule has 0 bridgehead atoms. The highest BCUT2D eigenvalue weighted by Gasteiger charge is 2.29. The van der Waals surface area contributed by atoms with Gasteiger partial charge in [-0.15, -0.1) is 0 Å². The molecule has 3 aromatic rings. The van der Waals surface area contributed by atoms with Gasteiger partial charge in [0, 0.05) is 50.2 Å². The van der Waals surface area contributed by atoms with E-state index < -0.39 is 0 Å². The van der Waals surface area contributed by atoms with Crippen LogP contribution in [0, 0.1) is 5.92 Å². The van der Waals surface area contributed by atoms with Gasteiger partial charge >= 0.3 is 0 Å². The van der Waals surface area contributed by atoms with Crippen LogP contribution < -0.4 is 5.32 Å². The number of rotatable bonds is 6. The van der Waals surface area contributed by atoms with E-state index in [4.69, 9.17) is 0 Å². The average molecular weight is 417 g/mol. The van der Waals surface area contributed by atoms with E-state index in [1.165, 1.54) is 18.4 Å². The summed E-state index contributed by atoms with van der Waals surface area (Å²) in [6.45, 7) is 2.16. The maximum atomic E-state index is 12.6. The van der Waals surface area contributed by atoms with E-state index in [1.54, 1.807) is 6.20 Å². The number of likely N-dealkylation sites (tertiary alicyclic amines) is 1. The molecule has 2 fully saturated rings. The minimum Gasteiger partial charge on any atom is -0.348 e. The topological polar surface area (TPSA) is 66.7 Å². The molecular formula is C25H28N4O2. The van der Waals surface area contributed by atoms with Crippen molar-refractivity contribution in [3.05, 3.63) is 71.7 Å². The molecule has 6 heteroatoms. The monoisotopic (exact) mass is 416 g/mol. The number of nitrogens with one attached hydrogen (secondary N) is 1. The van der Waals surface area contributed by atoms with Gasteiger partial charge in [-0.05, 0) is 72.9 Å². The third-order valence-corrected chi connectivity index (χ3v) is 6.57. The maximum absolute atomic E-state index is 12.6. The SMILES string of the molecule is O=C(NCc1ccn2ccnc2c1)c1ccc(C2CCN(C(=O)CC3CC3)CC2)cc1. The van der Waals surface area contributed by atoms with E-state index in [0.717, 1.165) is 43.6 Å². The van der Waals surface area contributed by atoms with Crippen LogP contribution in [0.15, 0.2) is 55.0 Å². The molecule has 2 amide bonds. The molecular weight excluding hydrogens is 388 g/mol. The predicted octanol–water partition coefficient (Wildman–Crippen LogP) is 3.77. The minimum atomic E-state index is -0.0738. The lowest BCUT2D eigenvalue weighted by molar-refractivity contribution is -0.132. The number of piperidine rings is 1. The third-order valence-electron chi connectivity index (χ3n) is 6.57. The van der Waals surface area contributed by atoms with Crippen molar-refractivity contribution in [1.82, 2.24) is 19.6 Å². The molecule has 1 aliphatic carbocycles. The van der Waals surface area contributed by atoms with Crippen LogP contribution in [0.4, 0.5) is 0 Å². The summed E-state index contributed by atoms with van der Waals surface area (Å²) in [5.74, 6) is 1.37. The Bertz CT molecular complexity index is 1080. The first-order valence-electron chi connectivity index (χ1n) is 11.2. The van der Waals surface area contributed by atoms with E-state index >= 15 is 0 Å². The molecule has 0 radical (unpaired) electrons. The lowest BCUT2D eigenvalue weighted by Crippen LogP contribution is -2.38. The first-order valence-corrected chi connectivity index (χ1v) is 11.2. The summed E-state index contributed by atoms with van der Waals surface area (Å²) in [7, 11) is 0. The molecule has 0 spiro atoms. The van der Waals surface area contributed by atoms with Crippen LogP contribution in [0.3, 0.4) is 0 Å². The van der Waals surface area contributed by atoms with Crippen LogP contribution in [0.25, 0.3) is 5.65 Å². The molecule has 5 rings (SSSR count). The highest BCUT2D eigenvalue weighted by molar-refractivity contribution is 5.94. The van der Waals surface area contributed by atoms with Gasteiger partial charge in [-0.25, -0.2) is 4.98 Å². The Balaban J connectivity index is 1.13. The predicted molar refractivity (Wildman–Crippen MR) is 119 cm³/mol. The van der Waals surface area contributed by atoms with Crippen molar-refractivity contribution in [1.29, 1.82) is 0 Å². The summed E-state index contributed by atoms with van der Waals surface area (Å²) in [6, 6.07) is 11.9. The van der Waals surface area contributed by atoms with Crippen molar-refractivity contribution in [3.8, 4) is 0 Å². The normalized spacial score (nSPS) is 17.1. The van der Waals surface area contributed by atoms with Crippen LogP contribution in [0.5, 0.6) is 0 Å². The average Bonchev–Trinajstić information content (AvgIpc) is 3.50. The van der Waals surface area contributed by atoms with Gasteiger partial charge in [0.25, 0.3) is 5.91 Å². The van der Waals surface area contributed by atoms with E-state index in [1.807, 2.05) is 46.0 Å². The second-order valence-corrected chi connectivity index (χ2v) is 8.83. The van der Waals surface area contributed by atoms with Gasteiger partial charge in [0.2, 0.25) is 5.91 Å². The second-order valence-electron chi connectivity index (χ2n) is 8.83. The summed E-state index contributed by atoms with van der Waals surface area (Å²) < 4.78 is 1.94. The largest absolute Gasteiger partial charge is 0.348 e. The zero-order valence-electron chi connectivity index (χ0n) is 17.7. The second kappa shape index (κ2) is 8.53.